The van der Waals surface area contributed by atoms with E-state index in [4.69, 9.17) is 23.7 Å². The maximum atomic E-state index is 12.9. The summed E-state index contributed by atoms with van der Waals surface area (Å²) >= 11 is 0. The van der Waals surface area contributed by atoms with Gasteiger partial charge in [-0.25, -0.2) is 0 Å². The molecular formula is C35H50O7. The molecule has 6 atom stereocenters. The van der Waals surface area contributed by atoms with Gasteiger partial charge in [-0.15, -0.1) is 0 Å². The summed E-state index contributed by atoms with van der Waals surface area (Å²) in [4.78, 5) is 12.9. The molecule has 0 amide bonds. The van der Waals surface area contributed by atoms with E-state index in [0.29, 0.717) is 32.0 Å². The molecule has 0 unspecified atom stereocenters. The molecule has 0 bridgehead atoms. The van der Waals surface area contributed by atoms with Crippen molar-refractivity contribution in [2.45, 2.75) is 97.9 Å². The SMILES string of the molecule is COc1ccc(CO[C@@H](C/C=C(\C)[C@@H](O)[C@@H](C)[C@@H]2CC[C@H](C)[C@H](OCc3ccc(OC)cc3)CC(=O)O2)C(C)C)cc1. The summed E-state index contributed by atoms with van der Waals surface area (Å²) in [6.45, 7) is 11.3. The molecule has 0 aliphatic carbocycles. The Morgan fingerprint density at radius 1 is 0.952 bits per heavy atom. The first-order chi connectivity index (χ1) is 20.1. The number of ether oxygens (including phenoxy) is 5. The van der Waals surface area contributed by atoms with Gasteiger partial charge in [0.1, 0.15) is 17.6 Å². The van der Waals surface area contributed by atoms with Crippen molar-refractivity contribution in [3.8, 4) is 11.5 Å². The molecule has 1 heterocycles. The molecule has 0 radical (unpaired) electrons. The molecule has 1 aliphatic heterocycles. The van der Waals surface area contributed by atoms with Crippen LogP contribution in [0.15, 0.2) is 60.2 Å². The topological polar surface area (TPSA) is 83.5 Å². The van der Waals surface area contributed by atoms with Gasteiger partial charge in [-0.2, -0.15) is 0 Å². The molecule has 42 heavy (non-hydrogen) atoms. The van der Waals surface area contributed by atoms with E-state index < -0.39 is 6.10 Å². The van der Waals surface area contributed by atoms with Crippen molar-refractivity contribution >= 4 is 5.97 Å². The van der Waals surface area contributed by atoms with Crippen LogP contribution in [0, 0.1) is 17.8 Å². The lowest BCUT2D eigenvalue weighted by Crippen LogP contribution is -2.38. The fraction of sp³-hybridized carbons (Fsp3) is 0.571. The molecule has 1 aliphatic rings. The van der Waals surface area contributed by atoms with Crippen LogP contribution < -0.4 is 9.47 Å². The van der Waals surface area contributed by atoms with Crippen molar-refractivity contribution in [1.29, 1.82) is 0 Å². The highest BCUT2D eigenvalue weighted by molar-refractivity contribution is 5.70. The molecule has 1 N–H and O–H groups in total. The lowest BCUT2D eigenvalue weighted by molar-refractivity contribution is -0.161. The summed E-state index contributed by atoms with van der Waals surface area (Å²) in [6, 6.07) is 15.6. The fourth-order valence-electron chi connectivity index (χ4n) is 5.27. The first-order valence-corrected chi connectivity index (χ1v) is 15.1. The van der Waals surface area contributed by atoms with E-state index in [-0.39, 0.29) is 42.5 Å². The predicted molar refractivity (Wildman–Crippen MR) is 164 cm³/mol. The van der Waals surface area contributed by atoms with Crippen molar-refractivity contribution in [1.82, 2.24) is 0 Å². The van der Waals surface area contributed by atoms with Crippen LogP contribution in [0.2, 0.25) is 0 Å². The summed E-state index contributed by atoms with van der Waals surface area (Å²) < 4.78 is 28.7. The van der Waals surface area contributed by atoms with E-state index in [2.05, 4.69) is 26.8 Å². The highest BCUT2D eigenvalue weighted by Crippen LogP contribution is 2.30. The summed E-state index contributed by atoms with van der Waals surface area (Å²) in [7, 11) is 3.30. The van der Waals surface area contributed by atoms with E-state index >= 15 is 0 Å². The molecule has 1 saturated heterocycles. The van der Waals surface area contributed by atoms with Crippen LogP contribution in [-0.2, 0) is 32.2 Å². The molecule has 0 saturated carbocycles. The van der Waals surface area contributed by atoms with Crippen molar-refractivity contribution in [2.75, 3.05) is 14.2 Å². The highest BCUT2D eigenvalue weighted by Gasteiger charge is 2.33. The minimum absolute atomic E-state index is 0.0134. The van der Waals surface area contributed by atoms with Gasteiger partial charge in [0.05, 0.1) is 52.2 Å². The molecule has 7 heteroatoms. The van der Waals surface area contributed by atoms with Gasteiger partial charge >= 0.3 is 5.97 Å². The number of hydrogen-bond donors (Lipinski definition) is 1. The van der Waals surface area contributed by atoms with E-state index in [9.17, 15) is 9.90 Å². The number of benzene rings is 2. The molecule has 232 valence electrons. The number of aliphatic hydroxyl groups is 1. The van der Waals surface area contributed by atoms with E-state index in [1.807, 2.05) is 62.4 Å². The van der Waals surface area contributed by atoms with Crippen molar-refractivity contribution < 1.29 is 33.6 Å². The average Bonchev–Trinajstić information content (AvgIpc) is 2.99. The van der Waals surface area contributed by atoms with E-state index in [1.54, 1.807) is 14.2 Å². The van der Waals surface area contributed by atoms with Gasteiger partial charge < -0.3 is 28.8 Å². The standard InChI is InChI=1S/C35H50O7/c1-23(2)31(40-21-27-10-14-29(38-6)15-11-27)18-9-25(4)35(37)26(5)32-19-8-24(3)33(20-34(36)42-32)41-22-28-12-16-30(39-7)17-13-28/h9-17,23-24,26,31-33,35,37H,8,18-22H2,1-7H3/b25-9+/t24-,26-,31-,32-,33+,35+/m0/s1. The summed E-state index contributed by atoms with van der Waals surface area (Å²) in [5.41, 5.74) is 2.98. The molecule has 2 aromatic rings. The Hall–Kier alpha value is -2.87. The Morgan fingerprint density at radius 3 is 2.07 bits per heavy atom. The maximum Gasteiger partial charge on any atom is 0.308 e. The summed E-state index contributed by atoms with van der Waals surface area (Å²) in [5, 5.41) is 11.2. The lowest BCUT2D eigenvalue weighted by atomic mass is 9.85. The smallest absolute Gasteiger partial charge is 0.308 e. The van der Waals surface area contributed by atoms with Crippen molar-refractivity contribution in [2.24, 2.45) is 17.8 Å². The van der Waals surface area contributed by atoms with Crippen LogP contribution in [-0.4, -0.2) is 49.7 Å². The molecule has 0 spiro atoms. The normalized spacial score (nSPS) is 22.1. The van der Waals surface area contributed by atoms with E-state index in [0.717, 1.165) is 34.6 Å². The van der Waals surface area contributed by atoms with Gasteiger partial charge in [0.15, 0.2) is 0 Å². The second-order valence-electron chi connectivity index (χ2n) is 11.9. The Morgan fingerprint density at radius 2 is 1.52 bits per heavy atom. The molecule has 2 aromatic carbocycles. The Labute approximate surface area is 252 Å². The van der Waals surface area contributed by atoms with Gasteiger partial charge in [-0.1, -0.05) is 58.0 Å². The van der Waals surface area contributed by atoms with Crippen LogP contribution in [0.4, 0.5) is 0 Å². The number of methoxy groups -OCH3 is 2. The average molecular weight is 583 g/mol. The minimum atomic E-state index is -0.714. The lowest BCUT2D eigenvalue weighted by Gasteiger charge is -2.34. The third-order valence-electron chi connectivity index (χ3n) is 8.40. The number of esters is 1. The third kappa shape index (κ3) is 10.1. The Bertz CT molecular complexity index is 1110. The number of carbonyl (C=O) groups excluding carboxylic acids is 1. The molecule has 0 aromatic heterocycles. The molecule has 1 fully saturated rings. The number of aliphatic hydroxyl groups excluding tert-OH is 1. The van der Waals surface area contributed by atoms with Gasteiger partial charge in [-0.05, 0) is 79.0 Å². The van der Waals surface area contributed by atoms with Crippen LogP contribution in [0.5, 0.6) is 11.5 Å². The van der Waals surface area contributed by atoms with Gasteiger partial charge in [-0.3, -0.25) is 4.79 Å². The maximum absolute atomic E-state index is 12.9. The first-order valence-electron chi connectivity index (χ1n) is 15.1. The van der Waals surface area contributed by atoms with Gasteiger partial charge in [0, 0.05) is 5.92 Å². The Balaban J connectivity index is 1.52. The summed E-state index contributed by atoms with van der Waals surface area (Å²) in [5.74, 6) is 1.62. The summed E-state index contributed by atoms with van der Waals surface area (Å²) in [6.07, 6.45) is 3.22. The zero-order valence-corrected chi connectivity index (χ0v) is 26.4. The number of hydrogen-bond acceptors (Lipinski definition) is 7. The van der Waals surface area contributed by atoms with Crippen LogP contribution in [0.1, 0.15) is 71.4 Å². The van der Waals surface area contributed by atoms with Gasteiger partial charge in [0.2, 0.25) is 0 Å². The predicted octanol–water partition coefficient (Wildman–Crippen LogP) is 6.90. The monoisotopic (exact) mass is 582 g/mol. The molecule has 7 nitrogen and oxygen atoms in total. The molecular weight excluding hydrogens is 532 g/mol. The largest absolute Gasteiger partial charge is 0.497 e. The second kappa shape index (κ2) is 16.7. The second-order valence-corrected chi connectivity index (χ2v) is 11.9. The van der Waals surface area contributed by atoms with Gasteiger partial charge in [0.25, 0.3) is 0 Å². The number of cyclic esters (lactones) is 1. The van der Waals surface area contributed by atoms with E-state index in [1.165, 1.54) is 0 Å². The minimum Gasteiger partial charge on any atom is -0.497 e. The van der Waals surface area contributed by atoms with Crippen LogP contribution >= 0.6 is 0 Å². The van der Waals surface area contributed by atoms with Crippen LogP contribution in [0.25, 0.3) is 0 Å². The first kappa shape index (κ1) is 33.6. The van der Waals surface area contributed by atoms with Crippen LogP contribution in [0.3, 0.4) is 0 Å². The quantitative estimate of drug-likeness (QED) is 0.192. The fourth-order valence-corrected chi connectivity index (χ4v) is 5.27. The Kier molecular flexibility index (Phi) is 13.4. The zero-order chi connectivity index (χ0) is 30.6. The third-order valence-corrected chi connectivity index (χ3v) is 8.40. The zero-order valence-electron chi connectivity index (χ0n) is 26.4. The highest BCUT2D eigenvalue weighted by atomic mass is 16.5. The number of rotatable bonds is 14. The molecule has 3 rings (SSSR count). The van der Waals surface area contributed by atoms with Crippen molar-refractivity contribution in [3.63, 3.8) is 0 Å². The van der Waals surface area contributed by atoms with Crippen molar-refractivity contribution in [3.05, 3.63) is 71.3 Å². The number of carbonyl (C=O) groups is 1.